The summed E-state index contributed by atoms with van der Waals surface area (Å²) < 4.78 is 6.33. The summed E-state index contributed by atoms with van der Waals surface area (Å²) in [6, 6.07) is 0. The van der Waals surface area contributed by atoms with Crippen molar-refractivity contribution in [3.05, 3.63) is 21.9 Å². The maximum absolute atomic E-state index is 12.2. The molecule has 0 spiro atoms. The molecule has 3 heterocycles. The second-order valence-electron chi connectivity index (χ2n) is 5.26. The van der Waals surface area contributed by atoms with Crippen molar-refractivity contribution in [1.82, 2.24) is 14.9 Å². The van der Waals surface area contributed by atoms with Crippen molar-refractivity contribution in [1.29, 1.82) is 0 Å². The fraction of sp³-hybridized carbons (Fsp3) is 0.615. The number of nitrogens with zero attached hydrogens (tertiary/aromatic N) is 2. The summed E-state index contributed by atoms with van der Waals surface area (Å²) in [6.07, 6.45) is 0.951. The molecule has 2 aliphatic rings. The van der Waals surface area contributed by atoms with E-state index in [0.717, 1.165) is 19.5 Å². The van der Waals surface area contributed by atoms with Crippen molar-refractivity contribution in [2.45, 2.75) is 25.8 Å². The number of fused-ring (bicyclic) bond motifs is 4. The van der Waals surface area contributed by atoms with Gasteiger partial charge in [0, 0.05) is 19.0 Å². The molecule has 2 unspecified atom stereocenters. The van der Waals surface area contributed by atoms with E-state index in [1.54, 1.807) is 6.92 Å². The standard InChI is InChI=1S/C13H17N3O4/c1-2-20-13(19)9-10(17)12(18)16-6-7-3-8(5-14-4-7)11(16)15-9/h7-8,14,17H,2-6H2,1H3. The van der Waals surface area contributed by atoms with Crippen LogP contribution in [-0.2, 0) is 11.3 Å². The van der Waals surface area contributed by atoms with Crippen LogP contribution in [0.25, 0.3) is 0 Å². The molecule has 7 nitrogen and oxygen atoms in total. The molecule has 20 heavy (non-hydrogen) atoms. The first kappa shape index (κ1) is 13.1. The molecule has 7 heteroatoms. The molecule has 2 atom stereocenters. The van der Waals surface area contributed by atoms with Crippen molar-refractivity contribution in [2.75, 3.05) is 19.7 Å². The van der Waals surface area contributed by atoms with Crippen LogP contribution in [-0.4, -0.2) is 40.3 Å². The van der Waals surface area contributed by atoms with Gasteiger partial charge in [-0.05, 0) is 25.8 Å². The van der Waals surface area contributed by atoms with Crippen LogP contribution in [0.15, 0.2) is 4.79 Å². The third-order valence-electron chi connectivity index (χ3n) is 3.89. The summed E-state index contributed by atoms with van der Waals surface area (Å²) >= 11 is 0. The van der Waals surface area contributed by atoms with Gasteiger partial charge in [0.05, 0.1) is 6.61 Å². The molecule has 1 aromatic rings. The van der Waals surface area contributed by atoms with Crippen LogP contribution >= 0.6 is 0 Å². The molecule has 1 fully saturated rings. The predicted octanol–water partition coefficient (Wildman–Crippen LogP) is -0.168. The van der Waals surface area contributed by atoms with Crippen LogP contribution in [0.2, 0.25) is 0 Å². The highest BCUT2D eigenvalue weighted by atomic mass is 16.5. The number of rotatable bonds is 2. The third kappa shape index (κ3) is 1.98. The molecule has 2 aliphatic heterocycles. The average molecular weight is 279 g/mol. The molecule has 0 aliphatic carbocycles. The van der Waals surface area contributed by atoms with Gasteiger partial charge < -0.3 is 15.2 Å². The summed E-state index contributed by atoms with van der Waals surface area (Å²) in [7, 11) is 0. The first-order chi connectivity index (χ1) is 9.61. The van der Waals surface area contributed by atoms with Crippen LogP contribution in [0, 0.1) is 5.92 Å². The second-order valence-corrected chi connectivity index (χ2v) is 5.26. The monoisotopic (exact) mass is 279 g/mol. The van der Waals surface area contributed by atoms with Crippen molar-refractivity contribution in [3.8, 4) is 5.75 Å². The normalized spacial score (nSPS) is 24.1. The first-order valence-electron chi connectivity index (χ1n) is 6.83. The number of hydrogen-bond donors (Lipinski definition) is 2. The largest absolute Gasteiger partial charge is 0.501 e. The maximum atomic E-state index is 12.2. The highest BCUT2D eigenvalue weighted by Gasteiger charge is 2.34. The molecule has 0 saturated carbocycles. The Morgan fingerprint density at radius 1 is 1.55 bits per heavy atom. The summed E-state index contributed by atoms with van der Waals surface area (Å²) in [6.45, 7) is 3.96. The van der Waals surface area contributed by atoms with E-state index in [0.29, 0.717) is 18.3 Å². The second kappa shape index (κ2) is 4.90. The van der Waals surface area contributed by atoms with Gasteiger partial charge in [-0.1, -0.05) is 0 Å². The van der Waals surface area contributed by atoms with Gasteiger partial charge in [-0.25, -0.2) is 9.78 Å². The van der Waals surface area contributed by atoms with Gasteiger partial charge >= 0.3 is 5.97 Å². The lowest BCUT2D eigenvalue weighted by molar-refractivity contribution is 0.0513. The third-order valence-corrected chi connectivity index (χ3v) is 3.89. The van der Waals surface area contributed by atoms with E-state index in [9.17, 15) is 14.7 Å². The number of hydrogen-bond acceptors (Lipinski definition) is 6. The Kier molecular flexibility index (Phi) is 3.21. The van der Waals surface area contributed by atoms with Crippen LogP contribution < -0.4 is 10.9 Å². The Hall–Kier alpha value is -1.89. The summed E-state index contributed by atoms with van der Waals surface area (Å²) in [4.78, 5) is 28.2. The van der Waals surface area contributed by atoms with E-state index >= 15 is 0 Å². The lowest BCUT2D eigenvalue weighted by Gasteiger charge is -2.36. The van der Waals surface area contributed by atoms with Gasteiger partial charge in [0.2, 0.25) is 5.75 Å². The van der Waals surface area contributed by atoms with E-state index in [1.165, 1.54) is 4.57 Å². The topological polar surface area (TPSA) is 93.5 Å². The van der Waals surface area contributed by atoms with E-state index in [1.807, 2.05) is 0 Å². The minimum Gasteiger partial charge on any atom is -0.501 e. The van der Waals surface area contributed by atoms with Gasteiger partial charge in [0.15, 0.2) is 5.69 Å². The smallest absolute Gasteiger partial charge is 0.361 e. The highest BCUT2D eigenvalue weighted by Crippen LogP contribution is 2.31. The molecule has 0 aromatic carbocycles. The zero-order chi connectivity index (χ0) is 14.3. The number of piperidine rings is 1. The molecule has 1 saturated heterocycles. The van der Waals surface area contributed by atoms with Crippen LogP contribution in [0.3, 0.4) is 0 Å². The first-order valence-corrected chi connectivity index (χ1v) is 6.83. The molecule has 0 radical (unpaired) electrons. The SMILES string of the molecule is CCOC(=O)c1nc2n(c(=O)c1O)CC1CNCC2C1. The van der Waals surface area contributed by atoms with E-state index in [4.69, 9.17) is 4.74 Å². The highest BCUT2D eigenvalue weighted by molar-refractivity contribution is 5.90. The number of aromatic hydroxyl groups is 1. The lowest BCUT2D eigenvalue weighted by atomic mass is 9.86. The summed E-state index contributed by atoms with van der Waals surface area (Å²) in [5.74, 6) is -0.326. The number of carbonyl (C=O) groups excluding carboxylic acids is 1. The Morgan fingerprint density at radius 3 is 3.10 bits per heavy atom. The molecule has 2 bridgehead atoms. The van der Waals surface area contributed by atoms with Gasteiger partial charge in [-0.15, -0.1) is 0 Å². The minimum atomic E-state index is -0.753. The molecule has 108 valence electrons. The molecule has 0 amide bonds. The number of carbonyl (C=O) groups is 1. The van der Waals surface area contributed by atoms with E-state index in [-0.39, 0.29) is 18.2 Å². The van der Waals surface area contributed by atoms with Crippen molar-refractivity contribution in [2.24, 2.45) is 5.92 Å². The van der Waals surface area contributed by atoms with Crippen LogP contribution in [0.1, 0.15) is 35.6 Å². The van der Waals surface area contributed by atoms with Gasteiger partial charge in [0.1, 0.15) is 5.82 Å². The van der Waals surface area contributed by atoms with Gasteiger partial charge in [-0.2, -0.15) is 0 Å². The van der Waals surface area contributed by atoms with Gasteiger partial charge in [0.25, 0.3) is 5.56 Å². The quantitative estimate of drug-likeness (QED) is 0.730. The molecule has 2 N–H and O–H groups in total. The van der Waals surface area contributed by atoms with E-state index < -0.39 is 17.3 Å². The molecule has 3 rings (SSSR count). The average Bonchev–Trinajstić information content (AvgIpc) is 2.44. The Bertz CT molecular complexity index is 610. The fourth-order valence-corrected chi connectivity index (χ4v) is 3.02. The number of aromatic nitrogens is 2. The van der Waals surface area contributed by atoms with Crippen LogP contribution in [0.4, 0.5) is 0 Å². The van der Waals surface area contributed by atoms with Gasteiger partial charge in [-0.3, -0.25) is 9.36 Å². The zero-order valence-electron chi connectivity index (χ0n) is 11.3. The van der Waals surface area contributed by atoms with Crippen molar-refractivity contribution < 1.29 is 14.6 Å². The predicted molar refractivity (Wildman–Crippen MR) is 69.8 cm³/mol. The maximum Gasteiger partial charge on any atom is 0.361 e. The number of esters is 1. The minimum absolute atomic E-state index is 0.101. The van der Waals surface area contributed by atoms with E-state index in [2.05, 4.69) is 10.3 Å². The molecular formula is C13H17N3O4. The van der Waals surface area contributed by atoms with Crippen LogP contribution in [0.5, 0.6) is 5.75 Å². The molecular weight excluding hydrogens is 262 g/mol. The summed E-state index contributed by atoms with van der Waals surface area (Å²) in [5, 5.41) is 13.2. The van der Waals surface area contributed by atoms with Crippen molar-refractivity contribution in [3.63, 3.8) is 0 Å². The molecule has 1 aromatic heterocycles. The zero-order valence-corrected chi connectivity index (χ0v) is 11.3. The number of nitrogens with one attached hydrogen (secondary N) is 1. The Morgan fingerprint density at radius 2 is 2.35 bits per heavy atom. The fourth-order valence-electron chi connectivity index (χ4n) is 3.02. The number of ether oxygens (including phenoxy) is 1. The lowest BCUT2D eigenvalue weighted by Crippen LogP contribution is -2.46. The Balaban J connectivity index is 2.11. The summed E-state index contributed by atoms with van der Waals surface area (Å²) in [5.41, 5.74) is -0.818. The van der Waals surface area contributed by atoms with Crippen molar-refractivity contribution >= 4 is 5.97 Å². The Labute approximate surface area is 115 Å².